The standard InChI is InChI=1S/C18H23N5O.2ClH/c1-14-11-22-17(12-21-14)18(24)23(13-15-5-2-3-9-20-15)16-6-4-8-19-10-7-16;;/h2-3,5,9,11-12,16,19H,4,6-8,10,13H2,1H3;2*1H. The number of hydrogen-bond acceptors (Lipinski definition) is 5. The molecule has 1 N–H and O–H groups in total. The molecular formula is C18H25Cl2N5O. The summed E-state index contributed by atoms with van der Waals surface area (Å²) in [5, 5.41) is 3.40. The van der Waals surface area contributed by atoms with Crippen molar-refractivity contribution in [2.75, 3.05) is 13.1 Å². The molecule has 8 heteroatoms. The van der Waals surface area contributed by atoms with Gasteiger partial charge in [0.1, 0.15) is 5.69 Å². The van der Waals surface area contributed by atoms with E-state index in [-0.39, 0.29) is 36.8 Å². The second kappa shape index (κ2) is 11.1. The lowest BCUT2D eigenvalue weighted by Gasteiger charge is -2.30. The van der Waals surface area contributed by atoms with Crippen LogP contribution in [0.1, 0.15) is 41.1 Å². The molecule has 1 amide bonds. The number of amides is 1. The predicted octanol–water partition coefficient (Wildman–Crippen LogP) is 2.81. The van der Waals surface area contributed by atoms with Crippen LogP contribution < -0.4 is 5.32 Å². The summed E-state index contributed by atoms with van der Waals surface area (Å²) in [6.07, 6.45) is 7.97. The minimum absolute atomic E-state index is 0. The van der Waals surface area contributed by atoms with Gasteiger partial charge in [0.2, 0.25) is 0 Å². The molecule has 142 valence electrons. The average molecular weight is 398 g/mol. The number of nitrogens with zero attached hydrogens (tertiary/aromatic N) is 4. The number of rotatable bonds is 4. The molecule has 0 aromatic carbocycles. The number of hydrogen-bond donors (Lipinski definition) is 1. The summed E-state index contributed by atoms with van der Waals surface area (Å²) in [5.41, 5.74) is 2.10. The summed E-state index contributed by atoms with van der Waals surface area (Å²) in [5.74, 6) is -0.0694. The Kier molecular flexibility index (Phi) is 9.48. The van der Waals surface area contributed by atoms with Gasteiger partial charge in [0.25, 0.3) is 5.91 Å². The zero-order valence-electron chi connectivity index (χ0n) is 14.8. The van der Waals surface area contributed by atoms with Crippen LogP contribution in [0, 0.1) is 6.92 Å². The molecule has 2 aromatic heterocycles. The molecular weight excluding hydrogens is 373 g/mol. The molecule has 1 atom stereocenters. The maximum Gasteiger partial charge on any atom is 0.274 e. The highest BCUT2D eigenvalue weighted by molar-refractivity contribution is 5.92. The third-order valence-corrected chi connectivity index (χ3v) is 4.31. The topological polar surface area (TPSA) is 71.0 Å². The molecule has 0 bridgehead atoms. The van der Waals surface area contributed by atoms with Crippen LogP contribution in [-0.4, -0.2) is 44.9 Å². The third kappa shape index (κ3) is 5.90. The molecule has 6 nitrogen and oxygen atoms in total. The Balaban J connectivity index is 0.00000169. The lowest BCUT2D eigenvalue weighted by atomic mass is 10.1. The largest absolute Gasteiger partial charge is 0.328 e. The van der Waals surface area contributed by atoms with Crippen molar-refractivity contribution in [2.24, 2.45) is 0 Å². The van der Waals surface area contributed by atoms with Crippen molar-refractivity contribution >= 4 is 30.7 Å². The number of carbonyl (C=O) groups excluding carboxylic acids is 1. The van der Waals surface area contributed by atoms with Gasteiger partial charge in [0.15, 0.2) is 0 Å². The monoisotopic (exact) mass is 397 g/mol. The first-order valence-corrected chi connectivity index (χ1v) is 8.44. The molecule has 3 rings (SSSR count). The highest BCUT2D eigenvalue weighted by Crippen LogP contribution is 2.18. The van der Waals surface area contributed by atoms with Crippen molar-refractivity contribution < 1.29 is 4.79 Å². The average Bonchev–Trinajstić information content (AvgIpc) is 2.90. The van der Waals surface area contributed by atoms with Crippen molar-refractivity contribution in [1.82, 2.24) is 25.2 Å². The van der Waals surface area contributed by atoms with Gasteiger partial charge in [0, 0.05) is 18.4 Å². The minimum atomic E-state index is -0.0694. The fraction of sp³-hybridized carbons (Fsp3) is 0.444. The van der Waals surface area contributed by atoms with Crippen LogP contribution in [0.2, 0.25) is 0 Å². The lowest BCUT2D eigenvalue weighted by molar-refractivity contribution is 0.0635. The van der Waals surface area contributed by atoms with E-state index >= 15 is 0 Å². The van der Waals surface area contributed by atoms with Gasteiger partial charge < -0.3 is 10.2 Å². The molecule has 26 heavy (non-hydrogen) atoms. The molecule has 0 spiro atoms. The van der Waals surface area contributed by atoms with Crippen molar-refractivity contribution in [3.63, 3.8) is 0 Å². The van der Waals surface area contributed by atoms with Gasteiger partial charge >= 0.3 is 0 Å². The number of carbonyl (C=O) groups is 1. The van der Waals surface area contributed by atoms with E-state index in [1.165, 1.54) is 0 Å². The Bertz CT molecular complexity index is 661. The number of aromatic nitrogens is 3. The van der Waals surface area contributed by atoms with E-state index in [0.29, 0.717) is 12.2 Å². The van der Waals surface area contributed by atoms with Gasteiger partial charge in [-0.25, -0.2) is 4.98 Å². The van der Waals surface area contributed by atoms with Crippen LogP contribution in [0.15, 0.2) is 36.8 Å². The van der Waals surface area contributed by atoms with Crippen LogP contribution in [-0.2, 0) is 6.54 Å². The first-order chi connectivity index (χ1) is 11.7. The quantitative estimate of drug-likeness (QED) is 0.858. The molecule has 2 aromatic rings. The Morgan fingerprint density at radius 1 is 1.15 bits per heavy atom. The van der Waals surface area contributed by atoms with E-state index in [2.05, 4.69) is 20.3 Å². The summed E-state index contributed by atoms with van der Waals surface area (Å²) in [6.45, 7) is 4.30. The summed E-state index contributed by atoms with van der Waals surface area (Å²) in [4.78, 5) is 27.8. The zero-order valence-corrected chi connectivity index (χ0v) is 16.4. The van der Waals surface area contributed by atoms with Gasteiger partial charge in [0.05, 0.1) is 24.1 Å². The second-order valence-corrected chi connectivity index (χ2v) is 6.13. The highest BCUT2D eigenvalue weighted by Gasteiger charge is 2.27. The van der Waals surface area contributed by atoms with Crippen molar-refractivity contribution in [3.8, 4) is 0 Å². The molecule has 1 aliphatic heterocycles. The second-order valence-electron chi connectivity index (χ2n) is 6.13. The summed E-state index contributed by atoms with van der Waals surface area (Å²) in [6, 6.07) is 5.98. The van der Waals surface area contributed by atoms with Crippen molar-refractivity contribution in [2.45, 2.75) is 38.8 Å². The number of pyridine rings is 1. The van der Waals surface area contributed by atoms with Crippen molar-refractivity contribution in [3.05, 3.63) is 53.9 Å². The predicted molar refractivity (Wildman–Crippen MR) is 106 cm³/mol. The van der Waals surface area contributed by atoms with E-state index in [1.807, 2.05) is 30.0 Å². The summed E-state index contributed by atoms with van der Waals surface area (Å²) < 4.78 is 0. The van der Waals surface area contributed by atoms with Gasteiger partial charge in [-0.1, -0.05) is 6.07 Å². The summed E-state index contributed by atoms with van der Waals surface area (Å²) >= 11 is 0. The molecule has 0 radical (unpaired) electrons. The maximum absolute atomic E-state index is 13.0. The van der Waals surface area contributed by atoms with Gasteiger partial charge in [-0.05, 0) is 51.4 Å². The van der Waals surface area contributed by atoms with Crippen LogP contribution in [0.5, 0.6) is 0 Å². The van der Waals surface area contributed by atoms with Gasteiger partial charge in [-0.2, -0.15) is 0 Å². The minimum Gasteiger partial charge on any atom is -0.328 e. The van der Waals surface area contributed by atoms with Crippen molar-refractivity contribution in [1.29, 1.82) is 0 Å². The number of aryl methyl sites for hydroxylation is 1. The molecule has 3 heterocycles. The van der Waals surface area contributed by atoms with Crippen LogP contribution >= 0.6 is 24.8 Å². The zero-order chi connectivity index (χ0) is 16.8. The molecule has 0 saturated carbocycles. The fourth-order valence-corrected chi connectivity index (χ4v) is 3.00. The van der Waals surface area contributed by atoms with Gasteiger partial charge in [-0.3, -0.25) is 14.8 Å². The number of halogens is 2. The van der Waals surface area contributed by atoms with Gasteiger partial charge in [-0.15, -0.1) is 24.8 Å². The van der Waals surface area contributed by atoms with Crippen LogP contribution in [0.3, 0.4) is 0 Å². The van der Waals surface area contributed by atoms with Crippen LogP contribution in [0.4, 0.5) is 0 Å². The molecule has 1 unspecified atom stereocenters. The summed E-state index contributed by atoms with van der Waals surface area (Å²) in [7, 11) is 0. The normalized spacial score (nSPS) is 16.6. The van der Waals surface area contributed by atoms with E-state index in [0.717, 1.165) is 43.7 Å². The van der Waals surface area contributed by atoms with E-state index in [4.69, 9.17) is 0 Å². The van der Waals surface area contributed by atoms with E-state index in [9.17, 15) is 4.79 Å². The fourth-order valence-electron chi connectivity index (χ4n) is 3.00. The lowest BCUT2D eigenvalue weighted by Crippen LogP contribution is -2.41. The molecule has 1 fully saturated rings. The Hall–Kier alpha value is -1.76. The first-order valence-electron chi connectivity index (χ1n) is 8.44. The maximum atomic E-state index is 13.0. The smallest absolute Gasteiger partial charge is 0.274 e. The SMILES string of the molecule is Cc1cnc(C(=O)N(Cc2ccccn2)C2CCCNCC2)cn1.Cl.Cl. The van der Waals surface area contributed by atoms with Crippen LogP contribution in [0.25, 0.3) is 0 Å². The third-order valence-electron chi connectivity index (χ3n) is 4.31. The Morgan fingerprint density at radius 2 is 2.00 bits per heavy atom. The van der Waals surface area contributed by atoms with E-state index in [1.54, 1.807) is 18.6 Å². The molecule has 1 saturated heterocycles. The highest BCUT2D eigenvalue weighted by atomic mass is 35.5. The first kappa shape index (κ1) is 22.3. The number of nitrogens with one attached hydrogen (secondary N) is 1. The Morgan fingerprint density at radius 3 is 2.69 bits per heavy atom. The Labute approximate surface area is 166 Å². The van der Waals surface area contributed by atoms with E-state index < -0.39 is 0 Å². The molecule has 0 aliphatic carbocycles. The molecule has 1 aliphatic rings.